The number of hydrogen-bond acceptors (Lipinski definition) is 3. The van der Waals surface area contributed by atoms with Gasteiger partial charge >= 0.3 is 0 Å². The summed E-state index contributed by atoms with van der Waals surface area (Å²) in [6.07, 6.45) is 0.981. The van der Waals surface area contributed by atoms with Crippen molar-refractivity contribution in [3.05, 3.63) is 64.7 Å². The van der Waals surface area contributed by atoms with Crippen molar-refractivity contribution in [2.24, 2.45) is 5.14 Å². The quantitative estimate of drug-likeness (QED) is 0.836. The first-order valence-electron chi connectivity index (χ1n) is 7.70. The second kappa shape index (κ2) is 7.59. The molecule has 0 aliphatic rings. The van der Waals surface area contributed by atoms with Gasteiger partial charge in [-0.1, -0.05) is 30.3 Å². The fourth-order valence-electron chi connectivity index (χ4n) is 2.35. The van der Waals surface area contributed by atoms with Gasteiger partial charge in [-0.2, -0.15) is 0 Å². The van der Waals surface area contributed by atoms with Crippen LogP contribution in [0.5, 0.6) is 0 Å². The number of carbonyl (C=O) groups is 1. The summed E-state index contributed by atoms with van der Waals surface area (Å²) in [5.74, 6) is -0.0283. The van der Waals surface area contributed by atoms with Crippen molar-refractivity contribution in [1.29, 1.82) is 0 Å². The molecule has 0 aromatic heterocycles. The molecular formula is C18H22N2O3S. The lowest BCUT2D eigenvalue weighted by Crippen LogP contribution is -2.27. The molecule has 5 nitrogen and oxygen atoms in total. The summed E-state index contributed by atoms with van der Waals surface area (Å²) in [5, 5.41) is 7.93. The lowest BCUT2D eigenvalue weighted by Gasteiger charge is -2.08. The SMILES string of the molecule is Cc1ccc(CC(=O)NCCc2ccc(S(N)(=O)=O)cc2)cc1C. The summed E-state index contributed by atoms with van der Waals surface area (Å²) in [6, 6.07) is 12.4. The van der Waals surface area contributed by atoms with Crippen LogP contribution >= 0.6 is 0 Å². The van der Waals surface area contributed by atoms with Gasteiger partial charge in [-0.3, -0.25) is 4.79 Å². The Morgan fingerprint density at radius 3 is 2.21 bits per heavy atom. The first-order valence-corrected chi connectivity index (χ1v) is 9.25. The third-order valence-corrected chi connectivity index (χ3v) is 4.85. The van der Waals surface area contributed by atoms with E-state index in [2.05, 4.69) is 5.32 Å². The maximum absolute atomic E-state index is 12.0. The number of nitrogens with two attached hydrogens (primary N) is 1. The molecule has 128 valence electrons. The van der Waals surface area contributed by atoms with E-state index in [0.717, 1.165) is 11.1 Å². The predicted molar refractivity (Wildman–Crippen MR) is 94.1 cm³/mol. The van der Waals surface area contributed by atoms with Gasteiger partial charge in [0.15, 0.2) is 0 Å². The molecule has 0 fully saturated rings. The molecule has 0 radical (unpaired) electrons. The highest BCUT2D eigenvalue weighted by atomic mass is 32.2. The van der Waals surface area contributed by atoms with Crippen molar-refractivity contribution in [2.75, 3.05) is 6.54 Å². The molecule has 24 heavy (non-hydrogen) atoms. The van der Waals surface area contributed by atoms with E-state index in [9.17, 15) is 13.2 Å². The van der Waals surface area contributed by atoms with Crippen LogP contribution in [0.4, 0.5) is 0 Å². The maximum Gasteiger partial charge on any atom is 0.238 e. The first kappa shape index (κ1) is 18.2. The standard InChI is InChI=1S/C18H22N2O3S/c1-13-3-4-16(11-14(13)2)12-18(21)20-10-9-15-5-7-17(8-6-15)24(19,22)23/h3-8,11H,9-10,12H2,1-2H3,(H,20,21)(H2,19,22,23). The average Bonchev–Trinajstić information content (AvgIpc) is 2.50. The van der Waals surface area contributed by atoms with Gasteiger partial charge in [-0.25, -0.2) is 13.6 Å². The van der Waals surface area contributed by atoms with Gasteiger partial charge in [0, 0.05) is 6.54 Å². The minimum Gasteiger partial charge on any atom is -0.355 e. The summed E-state index contributed by atoms with van der Waals surface area (Å²) in [7, 11) is -3.66. The lowest BCUT2D eigenvalue weighted by molar-refractivity contribution is -0.120. The molecule has 0 unspecified atom stereocenters. The second-order valence-corrected chi connectivity index (χ2v) is 7.45. The molecule has 2 aromatic rings. The number of aryl methyl sites for hydroxylation is 2. The normalized spacial score (nSPS) is 11.3. The van der Waals surface area contributed by atoms with Gasteiger partial charge in [0.2, 0.25) is 15.9 Å². The van der Waals surface area contributed by atoms with E-state index in [1.165, 1.54) is 23.3 Å². The van der Waals surface area contributed by atoms with E-state index in [4.69, 9.17) is 5.14 Å². The molecule has 0 heterocycles. The second-order valence-electron chi connectivity index (χ2n) is 5.88. The summed E-state index contributed by atoms with van der Waals surface area (Å²) >= 11 is 0. The third kappa shape index (κ3) is 5.18. The highest BCUT2D eigenvalue weighted by molar-refractivity contribution is 7.89. The van der Waals surface area contributed by atoms with Crippen LogP contribution in [-0.2, 0) is 27.7 Å². The summed E-state index contributed by atoms with van der Waals surface area (Å²) in [4.78, 5) is 12.1. The van der Waals surface area contributed by atoms with Gasteiger partial charge in [0.1, 0.15) is 0 Å². The fourth-order valence-corrected chi connectivity index (χ4v) is 2.87. The average molecular weight is 346 g/mol. The number of rotatable bonds is 6. The van der Waals surface area contributed by atoms with Crippen molar-refractivity contribution in [3.8, 4) is 0 Å². The van der Waals surface area contributed by atoms with E-state index in [1.54, 1.807) is 12.1 Å². The van der Waals surface area contributed by atoms with Crippen LogP contribution in [0.25, 0.3) is 0 Å². The monoisotopic (exact) mass is 346 g/mol. The van der Waals surface area contributed by atoms with Crippen LogP contribution < -0.4 is 10.5 Å². The van der Waals surface area contributed by atoms with Crippen LogP contribution in [0, 0.1) is 13.8 Å². The Morgan fingerprint density at radius 2 is 1.62 bits per heavy atom. The number of benzene rings is 2. The Labute approximate surface area is 142 Å². The van der Waals surface area contributed by atoms with Crippen molar-refractivity contribution in [3.63, 3.8) is 0 Å². The first-order chi connectivity index (χ1) is 11.3. The number of carbonyl (C=O) groups excluding carboxylic acids is 1. The molecule has 0 aliphatic carbocycles. The molecule has 0 spiro atoms. The highest BCUT2D eigenvalue weighted by Gasteiger charge is 2.07. The number of hydrogen-bond donors (Lipinski definition) is 2. The van der Waals surface area contributed by atoms with Crippen LogP contribution in [0.2, 0.25) is 0 Å². The van der Waals surface area contributed by atoms with E-state index in [-0.39, 0.29) is 10.8 Å². The zero-order valence-electron chi connectivity index (χ0n) is 13.9. The molecule has 2 rings (SSSR count). The van der Waals surface area contributed by atoms with E-state index in [0.29, 0.717) is 19.4 Å². The number of amides is 1. The molecule has 0 saturated heterocycles. The number of primary sulfonamides is 1. The largest absolute Gasteiger partial charge is 0.355 e. The Morgan fingerprint density at radius 1 is 1.00 bits per heavy atom. The minimum absolute atomic E-state index is 0.0283. The fraction of sp³-hybridized carbons (Fsp3) is 0.278. The molecule has 6 heteroatoms. The van der Waals surface area contributed by atoms with Crippen LogP contribution in [-0.4, -0.2) is 20.9 Å². The molecule has 0 saturated carbocycles. The van der Waals surface area contributed by atoms with Crippen LogP contribution in [0.3, 0.4) is 0 Å². The molecule has 0 atom stereocenters. The van der Waals surface area contributed by atoms with E-state index >= 15 is 0 Å². The molecule has 0 bridgehead atoms. The molecule has 1 amide bonds. The zero-order valence-corrected chi connectivity index (χ0v) is 14.7. The van der Waals surface area contributed by atoms with Gasteiger partial charge in [0.05, 0.1) is 11.3 Å². The Bertz CT molecular complexity index is 828. The lowest BCUT2D eigenvalue weighted by atomic mass is 10.0. The topological polar surface area (TPSA) is 89.3 Å². The van der Waals surface area contributed by atoms with Gasteiger partial charge in [0.25, 0.3) is 0 Å². The Kier molecular flexibility index (Phi) is 5.75. The van der Waals surface area contributed by atoms with Crippen molar-refractivity contribution >= 4 is 15.9 Å². The Hall–Kier alpha value is -2.18. The van der Waals surface area contributed by atoms with E-state index in [1.807, 2.05) is 32.0 Å². The smallest absolute Gasteiger partial charge is 0.238 e. The minimum atomic E-state index is -3.66. The Balaban J connectivity index is 1.83. The van der Waals surface area contributed by atoms with Crippen molar-refractivity contribution in [1.82, 2.24) is 5.32 Å². The van der Waals surface area contributed by atoms with Crippen molar-refractivity contribution < 1.29 is 13.2 Å². The van der Waals surface area contributed by atoms with E-state index < -0.39 is 10.0 Å². The van der Waals surface area contributed by atoms with Crippen LogP contribution in [0.15, 0.2) is 47.4 Å². The summed E-state index contributed by atoms with van der Waals surface area (Å²) in [5.41, 5.74) is 4.32. The van der Waals surface area contributed by atoms with Gasteiger partial charge in [-0.05, 0) is 54.7 Å². The number of sulfonamides is 1. The molecule has 3 N–H and O–H groups in total. The van der Waals surface area contributed by atoms with Crippen molar-refractivity contribution in [2.45, 2.75) is 31.6 Å². The van der Waals surface area contributed by atoms with Gasteiger partial charge in [-0.15, -0.1) is 0 Å². The zero-order chi connectivity index (χ0) is 17.7. The number of nitrogens with one attached hydrogen (secondary N) is 1. The van der Waals surface area contributed by atoms with Gasteiger partial charge < -0.3 is 5.32 Å². The molecule has 0 aliphatic heterocycles. The predicted octanol–water partition coefficient (Wildman–Crippen LogP) is 1.85. The van der Waals surface area contributed by atoms with Crippen LogP contribution in [0.1, 0.15) is 22.3 Å². The summed E-state index contributed by atoms with van der Waals surface area (Å²) < 4.78 is 22.4. The molecule has 2 aromatic carbocycles. The molecular weight excluding hydrogens is 324 g/mol. The third-order valence-electron chi connectivity index (χ3n) is 3.92. The maximum atomic E-state index is 12.0. The summed E-state index contributed by atoms with van der Waals surface area (Å²) in [6.45, 7) is 4.57. The highest BCUT2D eigenvalue weighted by Crippen LogP contribution is 2.11.